The molecule has 1 amide bonds. The number of benzene rings is 3. The normalized spacial score (nSPS) is 11.1. The van der Waals surface area contributed by atoms with Crippen LogP contribution in [0.2, 0.25) is 0 Å². The van der Waals surface area contributed by atoms with E-state index < -0.39 is 10.0 Å². The maximum absolute atomic E-state index is 12.7. The minimum absolute atomic E-state index is 0.211. The Bertz CT molecular complexity index is 1140. The highest BCUT2D eigenvalue weighted by atomic mass is 32.2. The number of rotatable bonds is 8. The molecule has 0 unspecified atom stereocenters. The van der Waals surface area contributed by atoms with E-state index in [2.05, 4.69) is 5.32 Å². The minimum Gasteiger partial charge on any atom is -0.492 e. The molecule has 0 fully saturated rings. The van der Waals surface area contributed by atoms with Crippen molar-refractivity contribution >= 4 is 21.6 Å². The summed E-state index contributed by atoms with van der Waals surface area (Å²) < 4.78 is 32.3. The first kappa shape index (κ1) is 22.4. The molecule has 7 heteroatoms. The summed E-state index contributed by atoms with van der Waals surface area (Å²) in [5.41, 5.74) is 3.27. The standard InChI is InChI=1S/C24H26N2O4S/c1-18-9-14-22(17-19(18)2)30-16-15-25-24(27)20-10-12-21(13-11-20)26(3)31(28,29)23-7-5-4-6-8-23/h4-14,17H,15-16H2,1-3H3,(H,25,27). The van der Waals surface area contributed by atoms with Crippen LogP contribution in [-0.4, -0.2) is 34.5 Å². The summed E-state index contributed by atoms with van der Waals surface area (Å²) in [5, 5.41) is 2.80. The first-order valence-electron chi connectivity index (χ1n) is 9.91. The molecule has 31 heavy (non-hydrogen) atoms. The van der Waals surface area contributed by atoms with Gasteiger partial charge in [0, 0.05) is 12.6 Å². The highest BCUT2D eigenvalue weighted by molar-refractivity contribution is 7.92. The Labute approximate surface area is 183 Å². The number of sulfonamides is 1. The summed E-state index contributed by atoms with van der Waals surface area (Å²) in [4.78, 5) is 12.6. The fourth-order valence-corrected chi connectivity index (χ4v) is 4.17. The van der Waals surface area contributed by atoms with E-state index in [0.29, 0.717) is 24.4 Å². The Kier molecular flexibility index (Phi) is 6.97. The second-order valence-electron chi connectivity index (χ2n) is 7.18. The maximum Gasteiger partial charge on any atom is 0.264 e. The van der Waals surface area contributed by atoms with Crippen LogP contribution >= 0.6 is 0 Å². The molecule has 6 nitrogen and oxygen atoms in total. The zero-order chi connectivity index (χ0) is 22.4. The van der Waals surface area contributed by atoms with Gasteiger partial charge in [-0.2, -0.15) is 0 Å². The zero-order valence-corrected chi connectivity index (χ0v) is 18.6. The SMILES string of the molecule is Cc1ccc(OCCNC(=O)c2ccc(N(C)S(=O)(=O)c3ccccc3)cc2)cc1C. The average molecular weight is 439 g/mol. The van der Waals surface area contributed by atoms with Gasteiger partial charge in [0.2, 0.25) is 0 Å². The van der Waals surface area contributed by atoms with Gasteiger partial charge in [0.05, 0.1) is 17.1 Å². The number of carbonyl (C=O) groups is 1. The molecule has 0 saturated heterocycles. The number of aryl methyl sites for hydroxylation is 2. The molecule has 0 aromatic heterocycles. The summed E-state index contributed by atoms with van der Waals surface area (Å²) in [6, 6.07) is 20.5. The van der Waals surface area contributed by atoms with Crippen molar-refractivity contribution in [2.75, 3.05) is 24.5 Å². The number of hydrogen-bond donors (Lipinski definition) is 1. The summed E-state index contributed by atoms with van der Waals surface area (Å²) in [6.07, 6.45) is 0. The molecular weight excluding hydrogens is 412 g/mol. The molecule has 1 N–H and O–H groups in total. The molecule has 0 saturated carbocycles. The van der Waals surface area contributed by atoms with Crippen LogP contribution in [0.15, 0.2) is 77.7 Å². The Balaban J connectivity index is 1.55. The Morgan fingerprint density at radius 2 is 1.61 bits per heavy atom. The van der Waals surface area contributed by atoms with E-state index >= 15 is 0 Å². The van der Waals surface area contributed by atoms with Crippen LogP contribution in [0.5, 0.6) is 5.75 Å². The first-order valence-corrected chi connectivity index (χ1v) is 11.4. The quantitative estimate of drug-likeness (QED) is 0.541. The number of carbonyl (C=O) groups excluding carboxylic acids is 1. The lowest BCUT2D eigenvalue weighted by molar-refractivity contribution is 0.0947. The summed E-state index contributed by atoms with van der Waals surface area (Å²) in [6.45, 7) is 4.77. The van der Waals surface area contributed by atoms with Crippen molar-refractivity contribution in [1.82, 2.24) is 5.32 Å². The Hall–Kier alpha value is -3.32. The van der Waals surface area contributed by atoms with E-state index in [4.69, 9.17) is 4.74 Å². The van der Waals surface area contributed by atoms with Gasteiger partial charge in [0.25, 0.3) is 15.9 Å². The molecule has 0 aliphatic heterocycles. The van der Waals surface area contributed by atoms with Crippen LogP contribution < -0.4 is 14.4 Å². The molecule has 3 rings (SSSR count). The molecule has 0 heterocycles. The van der Waals surface area contributed by atoms with Crippen molar-refractivity contribution in [2.45, 2.75) is 18.7 Å². The molecule has 0 bridgehead atoms. The maximum atomic E-state index is 12.7. The van der Waals surface area contributed by atoms with Gasteiger partial charge in [-0.25, -0.2) is 8.42 Å². The van der Waals surface area contributed by atoms with Gasteiger partial charge in [0.1, 0.15) is 12.4 Å². The van der Waals surface area contributed by atoms with Gasteiger partial charge in [-0.1, -0.05) is 24.3 Å². The number of hydrogen-bond acceptors (Lipinski definition) is 4. The van der Waals surface area contributed by atoms with Crippen molar-refractivity contribution in [3.8, 4) is 5.75 Å². The third-order valence-electron chi connectivity index (χ3n) is 5.03. The molecule has 3 aromatic carbocycles. The van der Waals surface area contributed by atoms with Gasteiger partial charge in [-0.05, 0) is 73.5 Å². The number of nitrogens with one attached hydrogen (secondary N) is 1. The van der Waals surface area contributed by atoms with Crippen LogP contribution in [0.3, 0.4) is 0 Å². The van der Waals surface area contributed by atoms with Crippen LogP contribution in [0.1, 0.15) is 21.5 Å². The highest BCUT2D eigenvalue weighted by Gasteiger charge is 2.21. The van der Waals surface area contributed by atoms with Crippen molar-refractivity contribution in [3.05, 3.63) is 89.5 Å². The monoisotopic (exact) mass is 438 g/mol. The third kappa shape index (κ3) is 5.44. The summed E-state index contributed by atoms with van der Waals surface area (Å²) in [5.74, 6) is 0.521. The molecular formula is C24H26N2O4S. The van der Waals surface area contributed by atoms with E-state index in [-0.39, 0.29) is 10.8 Å². The van der Waals surface area contributed by atoms with E-state index in [1.165, 1.54) is 16.9 Å². The summed E-state index contributed by atoms with van der Waals surface area (Å²) in [7, 11) is -2.17. The predicted molar refractivity (Wildman–Crippen MR) is 122 cm³/mol. The van der Waals surface area contributed by atoms with E-state index in [0.717, 1.165) is 11.3 Å². The lowest BCUT2D eigenvalue weighted by Crippen LogP contribution is -2.28. The molecule has 3 aromatic rings. The Morgan fingerprint density at radius 1 is 0.935 bits per heavy atom. The van der Waals surface area contributed by atoms with Crippen molar-refractivity contribution in [2.24, 2.45) is 0 Å². The number of nitrogens with zero attached hydrogens (tertiary/aromatic N) is 1. The van der Waals surface area contributed by atoms with Gasteiger partial charge in [0.15, 0.2) is 0 Å². The molecule has 0 spiro atoms. The lowest BCUT2D eigenvalue weighted by atomic mass is 10.1. The molecule has 0 aliphatic carbocycles. The molecule has 162 valence electrons. The zero-order valence-electron chi connectivity index (χ0n) is 17.8. The first-order chi connectivity index (χ1) is 14.8. The second kappa shape index (κ2) is 9.66. The topological polar surface area (TPSA) is 75.7 Å². The van der Waals surface area contributed by atoms with Gasteiger partial charge in [-0.15, -0.1) is 0 Å². The molecule has 0 radical (unpaired) electrons. The van der Waals surface area contributed by atoms with E-state index in [1.807, 2.05) is 32.0 Å². The van der Waals surface area contributed by atoms with Crippen LogP contribution in [0.4, 0.5) is 5.69 Å². The van der Waals surface area contributed by atoms with Gasteiger partial charge >= 0.3 is 0 Å². The smallest absolute Gasteiger partial charge is 0.264 e. The predicted octanol–water partition coefficient (Wildman–Crippen LogP) is 3.94. The van der Waals surface area contributed by atoms with Crippen molar-refractivity contribution in [3.63, 3.8) is 0 Å². The average Bonchev–Trinajstić information content (AvgIpc) is 2.79. The summed E-state index contributed by atoms with van der Waals surface area (Å²) >= 11 is 0. The fourth-order valence-electron chi connectivity index (χ4n) is 2.95. The number of amides is 1. The van der Waals surface area contributed by atoms with E-state index in [9.17, 15) is 13.2 Å². The van der Waals surface area contributed by atoms with Crippen molar-refractivity contribution in [1.29, 1.82) is 0 Å². The van der Waals surface area contributed by atoms with Crippen LogP contribution in [0, 0.1) is 13.8 Å². The van der Waals surface area contributed by atoms with Crippen LogP contribution in [0.25, 0.3) is 0 Å². The van der Waals surface area contributed by atoms with Crippen LogP contribution in [-0.2, 0) is 10.0 Å². The minimum atomic E-state index is -3.66. The largest absolute Gasteiger partial charge is 0.492 e. The highest BCUT2D eigenvalue weighted by Crippen LogP contribution is 2.22. The molecule has 0 atom stereocenters. The van der Waals surface area contributed by atoms with Gasteiger partial charge < -0.3 is 10.1 Å². The van der Waals surface area contributed by atoms with E-state index in [1.54, 1.807) is 54.6 Å². The lowest BCUT2D eigenvalue weighted by Gasteiger charge is -2.19. The Morgan fingerprint density at radius 3 is 2.26 bits per heavy atom. The van der Waals surface area contributed by atoms with Gasteiger partial charge in [-0.3, -0.25) is 9.10 Å². The number of anilines is 1. The third-order valence-corrected chi connectivity index (χ3v) is 6.83. The molecule has 0 aliphatic rings. The number of ether oxygens (including phenoxy) is 1. The fraction of sp³-hybridized carbons (Fsp3) is 0.208. The second-order valence-corrected chi connectivity index (χ2v) is 9.15. The van der Waals surface area contributed by atoms with Crippen molar-refractivity contribution < 1.29 is 17.9 Å².